The molecule has 0 aliphatic carbocycles. The van der Waals surface area contributed by atoms with Crippen molar-refractivity contribution in [2.75, 3.05) is 31.2 Å². The molecule has 4 nitrogen and oxygen atoms in total. The lowest BCUT2D eigenvalue weighted by atomic mass is 10.2. The topological polar surface area (TPSA) is 45.6 Å². The highest BCUT2D eigenvalue weighted by Gasteiger charge is 2.10. The zero-order valence-corrected chi connectivity index (χ0v) is 9.59. The normalized spacial score (nSPS) is 19.2. The highest BCUT2D eigenvalue weighted by Crippen LogP contribution is 2.17. The summed E-state index contributed by atoms with van der Waals surface area (Å²) in [6.07, 6.45) is 2.38. The Morgan fingerprint density at radius 1 is 1.38 bits per heavy atom. The average molecular weight is 222 g/mol. The molecule has 1 aromatic rings. The summed E-state index contributed by atoms with van der Waals surface area (Å²) >= 11 is 0. The second-order valence-corrected chi connectivity index (χ2v) is 4.07. The minimum atomic E-state index is -0.499. The third-order valence-electron chi connectivity index (χ3n) is 2.79. The maximum absolute atomic E-state index is 9.37. The van der Waals surface area contributed by atoms with Crippen molar-refractivity contribution < 1.29 is 9.84 Å². The van der Waals surface area contributed by atoms with E-state index in [0.717, 1.165) is 44.1 Å². The molecule has 1 saturated heterocycles. The molecule has 0 saturated carbocycles. The van der Waals surface area contributed by atoms with Crippen LogP contribution in [0.5, 0.6) is 0 Å². The Kier molecular flexibility index (Phi) is 3.74. The van der Waals surface area contributed by atoms with E-state index in [1.807, 2.05) is 18.3 Å². The quantitative estimate of drug-likeness (QED) is 0.820. The first-order valence-electron chi connectivity index (χ1n) is 5.74. The van der Waals surface area contributed by atoms with Crippen molar-refractivity contribution in [3.8, 4) is 0 Å². The van der Waals surface area contributed by atoms with E-state index in [1.165, 1.54) is 0 Å². The zero-order chi connectivity index (χ0) is 11.4. The van der Waals surface area contributed by atoms with Crippen LogP contribution in [0.1, 0.15) is 25.1 Å². The molecular weight excluding hydrogens is 204 g/mol. The lowest BCUT2D eigenvalue weighted by Crippen LogP contribution is -2.25. The third kappa shape index (κ3) is 2.71. The Morgan fingerprint density at radius 3 is 2.94 bits per heavy atom. The number of aliphatic hydroxyl groups is 1. The second kappa shape index (κ2) is 5.27. The van der Waals surface area contributed by atoms with Gasteiger partial charge in [-0.25, -0.2) is 0 Å². The summed E-state index contributed by atoms with van der Waals surface area (Å²) in [6.45, 7) is 5.26. The number of anilines is 1. The molecule has 0 unspecified atom stereocenters. The smallest absolute Gasteiger partial charge is 0.0931 e. The predicted molar refractivity (Wildman–Crippen MR) is 62.5 cm³/mol. The van der Waals surface area contributed by atoms with Gasteiger partial charge in [0.25, 0.3) is 0 Å². The van der Waals surface area contributed by atoms with E-state index in [1.54, 1.807) is 6.92 Å². The monoisotopic (exact) mass is 222 g/mol. The number of rotatable bonds is 2. The molecule has 0 radical (unpaired) electrons. The van der Waals surface area contributed by atoms with Crippen molar-refractivity contribution in [3.05, 3.63) is 24.0 Å². The van der Waals surface area contributed by atoms with E-state index in [9.17, 15) is 5.11 Å². The summed E-state index contributed by atoms with van der Waals surface area (Å²) < 4.78 is 5.41. The Morgan fingerprint density at radius 2 is 2.25 bits per heavy atom. The molecule has 0 spiro atoms. The number of aromatic nitrogens is 1. The molecule has 1 N–H and O–H groups in total. The molecule has 4 heteroatoms. The van der Waals surface area contributed by atoms with Crippen LogP contribution in [0.3, 0.4) is 0 Å². The second-order valence-electron chi connectivity index (χ2n) is 4.07. The first kappa shape index (κ1) is 11.4. The van der Waals surface area contributed by atoms with E-state index in [-0.39, 0.29) is 0 Å². The number of aliphatic hydroxyl groups excluding tert-OH is 1. The van der Waals surface area contributed by atoms with E-state index in [4.69, 9.17) is 4.74 Å². The van der Waals surface area contributed by atoms with Crippen molar-refractivity contribution in [1.29, 1.82) is 0 Å². The number of nitrogens with zero attached hydrogens (tertiary/aromatic N) is 2. The van der Waals surface area contributed by atoms with Gasteiger partial charge in [-0.2, -0.15) is 0 Å². The molecular formula is C12H18N2O2. The van der Waals surface area contributed by atoms with Crippen LogP contribution in [0.25, 0.3) is 0 Å². The SMILES string of the molecule is C[C@H](O)c1ccc(N2CCCOCC2)cn1. The molecule has 1 aromatic heterocycles. The maximum Gasteiger partial charge on any atom is 0.0931 e. The van der Waals surface area contributed by atoms with E-state index in [2.05, 4.69) is 9.88 Å². The first-order chi connectivity index (χ1) is 7.77. The van der Waals surface area contributed by atoms with Crippen molar-refractivity contribution in [2.45, 2.75) is 19.4 Å². The summed E-state index contributed by atoms with van der Waals surface area (Å²) in [4.78, 5) is 6.52. The van der Waals surface area contributed by atoms with Crippen LogP contribution in [0.15, 0.2) is 18.3 Å². The largest absolute Gasteiger partial charge is 0.387 e. The molecule has 1 atom stereocenters. The number of ether oxygens (including phenoxy) is 1. The van der Waals surface area contributed by atoms with Crippen LogP contribution < -0.4 is 4.90 Å². The number of hydrogen-bond donors (Lipinski definition) is 1. The van der Waals surface area contributed by atoms with Gasteiger partial charge in [-0.3, -0.25) is 4.98 Å². The molecule has 88 valence electrons. The molecule has 2 rings (SSSR count). The summed E-state index contributed by atoms with van der Waals surface area (Å²) in [7, 11) is 0. The molecule has 0 bridgehead atoms. The van der Waals surface area contributed by atoms with E-state index >= 15 is 0 Å². The highest BCUT2D eigenvalue weighted by atomic mass is 16.5. The van der Waals surface area contributed by atoms with Crippen LogP contribution in [-0.4, -0.2) is 36.4 Å². The van der Waals surface area contributed by atoms with Gasteiger partial charge in [-0.1, -0.05) is 0 Å². The Labute approximate surface area is 95.9 Å². The van der Waals surface area contributed by atoms with Crippen LogP contribution >= 0.6 is 0 Å². The van der Waals surface area contributed by atoms with Crippen molar-refractivity contribution in [3.63, 3.8) is 0 Å². The fraction of sp³-hybridized carbons (Fsp3) is 0.583. The lowest BCUT2D eigenvalue weighted by Gasteiger charge is -2.21. The summed E-state index contributed by atoms with van der Waals surface area (Å²) in [5, 5.41) is 9.37. The van der Waals surface area contributed by atoms with E-state index < -0.39 is 6.10 Å². The van der Waals surface area contributed by atoms with Gasteiger partial charge in [0.15, 0.2) is 0 Å². The minimum Gasteiger partial charge on any atom is -0.387 e. The lowest BCUT2D eigenvalue weighted by molar-refractivity contribution is 0.152. The van der Waals surface area contributed by atoms with E-state index in [0.29, 0.717) is 0 Å². The van der Waals surface area contributed by atoms with Gasteiger partial charge in [0.05, 0.1) is 30.3 Å². The molecule has 0 aromatic carbocycles. The zero-order valence-electron chi connectivity index (χ0n) is 9.59. The van der Waals surface area contributed by atoms with Gasteiger partial charge in [0.2, 0.25) is 0 Å². The van der Waals surface area contributed by atoms with Gasteiger partial charge in [0.1, 0.15) is 0 Å². The van der Waals surface area contributed by atoms with Crippen LogP contribution in [0, 0.1) is 0 Å². The fourth-order valence-corrected chi connectivity index (χ4v) is 1.84. The molecule has 1 aliphatic heterocycles. The molecule has 1 fully saturated rings. The predicted octanol–water partition coefficient (Wildman–Crippen LogP) is 1.36. The van der Waals surface area contributed by atoms with Gasteiger partial charge in [-0.15, -0.1) is 0 Å². The first-order valence-corrected chi connectivity index (χ1v) is 5.74. The molecule has 0 amide bonds. The van der Waals surface area contributed by atoms with Gasteiger partial charge in [0, 0.05) is 19.7 Å². The summed E-state index contributed by atoms with van der Waals surface area (Å²) in [5.41, 5.74) is 1.82. The van der Waals surface area contributed by atoms with Crippen molar-refractivity contribution in [2.24, 2.45) is 0 Å². The molecule has 16 heavy (non-hydrogen) atoms. The Balaban J connectivity index is 2.07. The fourth-order valence-electron chi connectivity index (χ4n) is 1.84. The standard InChI is InChI=1S/C12H18N2O2/c1-10(15)12-4-3-11(9-13-12)14-5-2-7-16-8-6-14/h3-4,9-10,15H,2,5-8H2,1H3/t10-/m0/s1. The summed E-state index contributed by atoms with van der Waals surface area (Å²) in [6, 6.07) is 3.89. The third-order valence-corrected chi connectivity index (χ3v) is 2.79. The van der Waals surface area contributed by atoms with Gasteiger partial charge in [-0.05, 0) is 25.5 Å². The molecule has 1 aliphatic rings. The Hall–Kier alpha value is -1.13. The minimum absolute atomic E-state index is 0.499. The number of pyridine rings is 1. The maximum atomic E-state index is 9.37. The van der Waals surface area contributed by atoms with Crippen LogP contribution in [0.4, 0.5) is 5.69 Å². The molecule has 2 heterocycles. The van der Waals surface area contributed by atoms with Crippen molar-refractivity contribution >= 4 is 5.69 Å². The van der Waals surface area contributed by atoms with Gasteiger partial charge >= 0.3 is 0 Å². The Bertz CT molecular complexity index is 316. The number of hydrogen-bond acceptors (Lipinski definition) is 4. The van der Waals surface area contributed by atoms with Crippen LogP contribution in [0.2, 0.25) is 0 Å². The van der Waals surface area contributed by atoms with Crippen molar-refractivity contribution in [1.82, 2.24) is 4.98 Å². The van der Waals surface area contributed by atoms with Crippen LogP contribution in [-0.2, 0) is 4.74 Å². The average Bonchev–Trinajstić information content (AvgIpc) is 2.57. The van der Waals surface area contributed by atoms with Gasteiger partial charge < -0.3 is 14.7 Å². The summed E-state index contributed by atoms with van der Waals surface area (Å²) in [5.74, 6) is 0. The highest BCUT2D eigenvalue weighted by molar-refractivity contribution is 5.44.